The van der Waals surface area contributed by atoms with Gasteiger partial charge in [-0.15, -0.1) is 0 Å². The molecule has 3 nitrogen and oxygen atoms in total. The van der Waals surface area contributed by atoms with Gasteiger partial charge in [-0.2, -0.15) is 0 Å². The van der Waals surface area contributed by atoms with Crippen LogP contribution in [0, 0.1) is 0 Å². The molecule has 15 heavy (non-hydrogen) atoms. The van der Waals surface area contributed by atoms with Crippen LogP contribution in [0.5, 0.6) is 5.75 Å². The number of ether oxygens (including phenoxy) is 1. The lowest BCUT2D eigenvalue weighted by Crippen LogP contribution is -2.16. The molecule has 0 saturated heterocycles. The molecule has 0 bridgehead atoms. The van der Waals surface area contributed by atoms with Gasteiger partial charge in [0.25, 0.3) is 0 Å². The largest absolute Gasteiger partial charge is 0.497 e. The van der Waals surface area contributed by atoms with Crippen molar-refractivity contribution in [3.05, 3.63) is 35.5 Å². The first kappa shape index (κ1) is 11.3. The van der Waals surface area contributed by atoms with Gasteiger partial charge in [0.15, 0.2) is 0 Å². The molecule has 1 aromatic rings. The highest BCUT2D eigenvalue weighted by Gasteiger charge is 1.94. The van der Waals surface area contributed by atoms with E-state index in [2.05, 4.69) is 5.32 Å². The number of carbonyl (C=O) groups excluding carboxylic acids is 1. The number of methoxy groups -OCH3 is 1. The second-order valence-corrected chi connectivity index (χ2v) is 3.28. The third-order valence-electron chi connectivity index (χ3n) is 1.87. The molecule has 0 aliphatic heterocycles. The molecule has 0 radical (unpaired) electrons. The molecule has 0 heterocycles. The third-order valence-corrected chi connectivity index (χ3v) is 1.87. The van der Waals surface area contributed by atoms with Crippen molar-refractivity contribution in [2.75, 3.05) is 7.11 Å². The molecule has 0 fully saturated rings. The number of hydrogen-bond acceptors (Lipinski definition) is 2. The van der Waals surface area contributed by atoms with Gasteiger partial charge in [-0.3, -0.25) is 4.79 Å². The average molecular weight is 205 g/mol. The van der Waals surface area contributed by atoms with Crippen molar-refractivity contribution in [2.24, 2.45) is 0 Å². The Morgan fingerprint density at radius 3 is 2.33 bits per heavy atom. The highest BCUT2D eigenvalue weighted by molar-refractivity contribution is 5.76. The van der Waals surface area contributed by atoms with Gasteiger partial charge in [-0.25, -0.2) is 0 Å². The van der Waals surface area contributed by atoms with E-state index in [9.17, 15) is 4.79 Å². The van der Waals surface area contributed by atoms with Gasteiger partial charge < -0.3 is 10.1 Å². The lowest BCUT2D eigenvalue weighted by Gasteiger charge is -2.02. The second kappa shape index (κ2) is 5.20. The predicted molar refractivity (Wildman–Crippen MR) is 60.5 cm³/mol. The maximum Gasteiger partial charge on any atom is 0.220 e. The van der Waals surface area contributed by atoms with Gasteiger partial charge in [0.2, 0.25) is 5.91 Å². The predicted octanol–water partition coefficient (Wildman–Crippen LogP) is 2.19. The maximum atomic E-state index is 10.8. The van der Waals surface area contributed by atoms with Gasteiger partial charge in [-0.05, 0) is 30.7 Å². The number of allylic oxidation sites excluding steroid dienone is 1. The zero-order chi connectivity index (χ0) is 11.3. The van der Waals surface area contributed by atoms with Crippen LogP contribution >= 0.6 is 0 Å². The Hall–Kier alpha value is -1.77. The van der Waals surface area contributed by atoms with Crippen molar-refractivity contribution in [2.45, 2.75) is 13.8 Å². The number of benzene rings is 1. The minimum Gasteiger partial charge on any atom is -0.497 e. The van der Waals surface area contributed by atoms with Crippen molar-refractivity contribution in [3.63, 3.8) is 0 Å². The molecule has 1 N–H and O–H groups in total. The summed E-state index contributed by atoms with van der Waals surface area (Å²) in [5, 5.41) is 2.71. The molecule has 1 aromatic carbocycles. The fraction of sp³-hybridized carbons (Fsp3) is 0.250. The van der Waals surface area contributed by atoms with E-state index in [1.54, 1.807) is 7.11 Å². The monoisotopic (exact) mass is 205 g/mol. The van der Waals surface area contributed by atoms with Gasteiger partial charge >= 0.3 is 0 Å². The molecule has 0 unspecified atom stereocenters. The standard InChI is InChI=1S/C12H15NO2/c1-9(13-10(2)14)8-11-4-6-12(15-3)7-5-11/h4-8H,1-3H3,(H,13,14)/b9-8-. The van der Waals surface area contributed by atoms with Crippen molar-refractivity contribution in [1.29, 1.82) is 0 Å². The first-order chi connectivity index (χ1) is 7.11. The summed E-state index contributed by atoms with van der Waals surface area (Å²) in [5.41, 5.74) is 1.86. The van der Waals surface area contributed by atoms with E-state index in [-0.39, 0.29) is 5.91 Å². The van der Waals surface area contributed by atoms with Crippen LogP contribution in [0.4, 0.5) is 0 Å². The molecule has 0 aliphatic rings. The van der Waals surface area contributed by atoms with Crippen LogP contribution in [0.15, 0.2) is 30.0 Å². The van der Waals surface area contributed by atoms with Crippen LogP contribution < -0.4 is 10.1 Å². The van der Waals surface area contributed by atoms with E-state index < -0.39 is 0 Å². The number of amides is 1. The fourth-order valence-electron chi connectivity index (χ4n) is 1.26. The van der Waals surface area contributed by atoms with Gasteiger partial charge in [0, 0.05) is 12.6 Å². The van der Waals surface area contributed by atoms with Crippen molar-refractivity contribution < 1.29 is 9.53 Å². The molecule has 1 rings (SSSR count). The van der Waals surface area contributed by atoms with Crippen LogP contribution in [-0.4, -0.2) is 13.0 Å². The average Bonchev–Trinajstić information content (AvgIpc) is 2.17. The third kappa shape index (κ3) is 3.85. The minimum atomic E-state index is -0.0581. The quantitative estimate of drug-likeness (QED) is 0.821. The summed E-state index contributed by atoms with van der Waals surface area (Å²) >= 11 is 0. The minimum absolute atomic E-state index is 0.0581. The molecule has 0 saturated carbocycles. The number of rotatable bonds is 3. The van der Waals surface area contributed by atoms with Gasteiger partial charge in [-0.1, -0.05) is 12.1 Å². The van der Waals surface area contributed by atoms with E-state index >= 15 is 0 Å². The van der Waals surface area contributed by atoms with E-state index in [4.69, 9.17) is 4.74 Å². The van der Waals surface area contributed by atoms with Crippen molar-refractivity contribution in [1.82, 2.24) is 5.32 Å². The summed E-state index contributed by atoms with van der Waals surface area (Å²) in [6.45, 7) is 3.34. The topological polar surface area (TPSA) is 38.3 Å². The first-order valence-electron chi connectivity index (χ1n) is 4.72. The fourth-order valence-corrected chi connectivity index (χ4v) is 1.26. The lowest BCUT2D eigenvalue weighted by molar-refractivity contribution is -0.118. The molecule has 0 aliphatic carbocycles. The lowest BCUT2D eigenvalue weighted by atomic mass is 10.2. The Bertz CT molecular complexity index is 366. The molecule has 0 aromatic heterocycles. The van der Waals surface area contributed by atoms with Gasteiger partial charge in [0.05, 0.1) is 7.11 Å². The molecule has 1 amide bonds. The summed E-state index contributed by atoms with van der Waals surface area (Å²) < 4.78 is 5.05. The first-order valence-corrected chi connectivity index (χ1v) is 4.72. The van der Waals surface area contributed by atoms with Crippen LogP contribution in [0.3, 0.4) is 0 Å². The van der Waals surface area contributed by atoms with Gasteiger partial charge in [0.1, 0.15) is 5.75 Å². The second-order valence-electron chi connectivity index (χ2n) is 3.28. The SMILES string of the molecule is COc1ccc(/C=C(/C)NC(C)=O)cc1. The molecular formula is C12H15NO2. The highest BCUT2D eigenvalue weighted by atomic mass is 16.5. The zero-order valence-electron chi connectivity index (χ0n) is 9.20. The molecule has 0 spiro atoms. The van der Waals surface area contributed by atoms with E-state index in [1.807, 2.05) is 37.3 Å². The van der Waals surface area contributed by atoms with Crippen molar-refractivity contribution >= 4 is 12.0 Å². The zero-order valence-corrected chi connectivity index (χ0v) is 9.20. The van der Waals surface area contributed by atoms with E-state index in [1.165, 1.54) is 6.92 Å². The highest BCUT2D eigenvalue weighted by Crippen LogP contribution is 2.13. The number of carbonyl (C=O) groups is 1. The Labute approximate surface area is 89.8 Å². The smallest absolute Gasteiger partial charge is 0.220 e. The van der Waals surface area contributed by atoms with Crippen LogP contribution in [-0.2, 0) is 4.79 Å². The summed E-state index contributed by atoms with van der Waals surface area (Å²) in [4.78, 5) is 10.8. The maximum absolute atomic E-state index is 10.8. The molecule has 80 valence electrons. The summed E-state index contributed by atoms with van der Waals surface area (Å²) in [7, 11) is 1.63. The molecular weight excluding hydrogens is 190 g/mol. The Balaban J connectivity index is 2.75. The summed E-state index contributed by atoms with van der Waals surface area (Å²) in [6, 6.07) is 7.63. The van der Waals surface area contributed by atoms with Crippen LogP contribution in [0.2, 0.25) is 0 Å². The van der Waals surface area contributed by atoms with Crippen LogP contribution in [0.25, 0.3) is 6.08 Å². The van der Waals surface area contributed by atoms with Crippen molar-refractivity contribution in [3.8, 4) is 5.75 Å². The Morgan fingerprint density at radius 1 is 1.27 bits per heavy atom. The summed E-state index contributed by atoms with van der Waals surface area (Å²) in [5.74, 6) is 0.765. The molecule has 3 heteroatoms. The number of nitrogens with one attached hydrogen (secondary N) is 1. The van der Waals surface area contributed by atoms with E-state index in [0.29, 0.717) is 0 Å². The Morgan fingerprint density at radius 2 is 1.87 bits per heavy atom. The summed E-state index contributed by atoms with van der Waals surface area (Å²) in [6.07, 6.45) is 1.90. The molecule has 0 atom stereocenters. The number of hydrogen-bond donors (Lipinski definition) is 1. The normalized spacial score (nSPS) is 11.0. The van der Waals surface area contributed by atoms with Crippen LogP contribution in [0.1, 0.15) is 19.4 Å². The Kier molecular flexibility index (Phi) is 3.92. The van der Waals surface area contributed by atoms with E-state index in [0.717, 1.165) is 17.0 Å².